The molecule has 4 nitrogen and oxygen atoms in total. The maximum absolute atomic E-state index is 5.90. The van der Waals surface area contributed by atoms with Gasteiger partial charge in [0.25, 0.3) is 0 Å². The monoisotopic (exact) mass is 254 g/mol. The van der Waals surface area contributed by atoms with Crippen LogP contribution in [0.5, 0.6) is 0 Å². The normalized spacial score (nSPS) is 19.3. The van der Waals surface area contributed by atoms with Crippen molar-refractivity contribution in [3.8, 4) is 0 Å². The molecule has 0 spiro atoms. The zero-order valence-electron chi connectivity index (χ0n) is 12.7. The van der Waals surface area contributed by atoms with E-state index in [9.17, 15) is 0 Å². The fourth-order valence-electron chi connectivity index (χ4n) is 2.32. The second-order valence-electron chi connectivity index (χ2n) is 7.22. The molecule has 0 unspecified atom stereocenters. The zero-order chi connectivity index (χ0) is 13.8. The van der Waals surface area contributed by atoms with E-state index in [0.717, 1.165) is 13.1 Å². The lowest BCUT2D eigenvalue weighted by atomic mass is 9.93. The molecule has 1 aliphatic heterocycles. The van der Waals surface area contributed by atoms with Crippen LogP contribution in [0.25, 0.3) is 0 Å². The minimum absolute atomic E-state index is 0.0212. The van der Waals surface area contributed by atoms with Crippen LogP contribution < -0.4 is 11.1 Å². The average Bonchev–Trinajstić information content (AvgIpc) is 2.64. The summed E-state index contributed by atoms with van der Waals surface area (Å²) in [6.07, 6.45) is 2.68. The van der Waals surface area contributed by atoms with Gasteiger partial charge in [0.1, 0.15) is 0 Å². The van der Waals surface area contributed by atoms with Gasteiger partial charge in [0.05, 0.1) is 0 Å². The third-order valence-electron chi connectivity index (χ3n) is 3.03. The van der Waals surface area contributed by atoms with Gasteiger partial charge in [-0.25, -0.2) is 0 Å². The van der Waals surface area contributed by atoms with Gasteiger partial charge in [-0.15, -0.1) is 0 Å². The molecule has 1 aliphatic rings. The van der Waals surface area contributed by atoms with Crippen molar-refractivity contribution in [2.75, 3.05) is 26.2 Å². The van der Waals surface area contributed by atoms with Gasteiger partial charge in [0, 0.05) is 18.6 Å². The van der Waals surface area contributed by atoms with Gasteiger partial charge in [0.15, 0.2) is 5.96 Å². The van der Waals surface area contributed by atoms with Gasteiger partial charge in [0.2, 0.25) is 0 Å². The molecule has 0 saturated carbocycles. The Morgan fingerprint density at radius 3 is 2.22 bits per heavy atom. The molecule has 0 atom stereocenters. The van der Waals surface area contributed by atoms with Crippen molar-refractivity contribution in [2.45, 2.75) is 53.0 Å². The Hall–Kier alpha value is -0.770. The van der Waals surface area contributed by atoms with Gasteiger partial charge < -0.3 is 16.0 Å². The smallest absolute Gasteiger partial charge is 0.189 e. The van der Waals surface area contributed by atoms with Crippen LogP contribution in [0.1, 0.15) is 47.5 Å². The summed E-state index contributed by atoms with van der Waals surface area (Å²) in [4.78, 5) is 7.01. The van der Waals surface area contributed by atoms with E-state index in [1.165, 1.54) is 25.9 Å². The molecule has 3 N–H and O–H groups in total. The highest BCUT2D eigenvalue weighted by molar-refractivity contribution is 5.78. The molecule has 18 heavy (non-hydrogen) atoms. The van der Waals surface area contributed by atoms with E-state index < -0.39 is 0 Å². The van der Waals surface area contributed by atoms with Crippen LogP contribution in [0.15, 0.2) is 4.99 Å². The molecule has 106 valence electrons. The summed E-state index contributed by atoms with van der Waals surface area (Å²) in [5.74, 6) is 0.553. The Morgan fingerprint density at radius 1 is 1.17 bits per heavy atom. The van der Waals surface area contributed by atoms with E-state index in [2.05, 4.69) is 49.8 Å². The number of likely N-dealkylation sites (tertiary alicyclic amines) is 1. The van der Waals surface area contributed by atoms with Crippen molar-refractivity contribution in [3.05, 3.63) is 0 Å². The predicted octanol–water partition coefficient (Wildman–Crippen LogP) is 1.81. The minimum atomic E-state index is -0.0212. The van der Waals surface area contributed by atoms with E-state index in [1.807, 2.05) is 0 Å². The number of rotatable bonds is 4. The number of nitrogens with zero attached hydrogens (tertiary/aromatic N) is 2. The summed E-state index contributed by atoms with van der Waals surface area (Å²) in [6.45, 7) is 15.2. The number of hydrogen-bond acceptors (Lipinski definition) is 2. The van der Waals surface area contributed by atoms with E-state index in [-0.39, 0.29) is 11.0 Å². The topological polar surface area (TPSA) is 53.6 Å². The summed E-state index contributed by atoms with van der Waals surface area (Å²) in [5, 5.41) is 3.20. The highest BCUT2D eigenvalue weighted by atomic mass is 15.2. The van der Waals surface area contributed by atoms with Gasteiger partial charge in [-0.3, -0.25) is 4.99 Å². The maximum atomic E-state index is 5.90. The van der Waals surface area contributed by atoms with Crippen molar-refractivity contribution >= 4 is 5.96 Å². The molecule has 0 radical (unpaired) electrons. The fraction of sp³-hybridized carbons (Fsp3) is 0.929. The Morgan fingerprint density at radius 2 is 1.72 bits per heavy atom. The lowest BCUT2D eigenvalue weighted by Crippen LogP contribution is -2.45. The van der Waals surface area contributed by atoms with Crippen LogP contribution >= 0.6 is 0 Å². The first-order valence-corrected chi connectivity index (χ1v) is 6.98. The molecule has 0 bridgehead atoms. The molecule has 0 amide bonds. The molecule has 1 rings (SSSR count). The first-order valence-electron chi connectivity index (χ1n) is 6.98. The number of nitrogens with two attached hydrogens (primary N) is 1. The molecule has 1 fully saturated rings. The SMILES string of the molecule is CC(C)(CN=C(N)NC(C)(C)C)CN1CCCC1. The van der Waals surface area contributed by atoms with E-state index >= 15 is 0 Å². The molecule has 4 heteroatoms. The summed E-state index contributed by atoms with van der Waals surface area (Å²) < 4.78 is 0. The fourth-order valence-corrected chi connectivity index (χ4v) is 2.32. The van der Waals surface area contributed by atoms with Gasteiger partial charge in [-0.2, -0.15) is 0 Å². The predicted molar refractivity (Wildman–Crippen MR) is 78.8 cm³/mol. The Bertz CT molecular complexity index is 283. The third kappa shape index (κ3) is 6.24. The van der Waals surface area contributed by atoms with E-state index in [1.54, 1.807) is 0 Å². The van der Waals surface area contributed by atoms with Crippen molar-refractivity contribution in [3.63, 3.8) is 0 Å². The molecule has 0 aromatic heterocycles. The Labute approximate surface area is 112 Å². The van der Waals surface area contributed by atoms with Crippen molar-refractivity contribution in [1.82, 2.24) is 10.2 Å². The molecule has 0 aromatic carbocycles. The molecular formula is C14H30N4. The van der Waals surface area contributed by atoms with Crippen LogP contribution in [0, 0.1) is 5.41 Å². The van der Waals surface area contributed by atoms with E-state index in [0.29, 0.717) is 5.96 Å². The lowest BCUT2D eigenvalue weighted by Gasteiger charge is -2.29. The average molecular weight is 254 g/mol. The van der Waals surface area contributed by atoms with Crippen LogP contribution in [-0.2, 0) is 0 Å². The maximum Gasteiger partial charge on any atom is 0.189 e. The van der Waals surface area contributed by atoms with Crippen molar-refractivity contribution in [2.24, 2.45) is 16.1 Å². The van der Waals surface area contributed by atoms with E-state index in [4.69, 9.17) is 5.73 Å². The lowest BCUT2D eigenvalue weighted by molar-refractivity contribution is 0.216. The van der Waals surface area contributed by atoms with Crippen LogP contribution in [0.4, 0.5) is 0 Å². The number of hydrogen-bond donors (Lipinski definition) is 2. The molecule has 0 aliphatic carbocycles. The summed E-state index contributed by atoms with van der Waals surface area (Å²) in [7, 11) is 0. The molecule has 1 heterocycles. The first kappa shape index (κ1) is 15.3. The largest absolute Gasteiger partial charge is 0.370 e. The Balaban J connectivity index is 2.41. The van der Waals surface area contributed by atoms with Gasteiger partial charge in [-0.05, 0) is 52.1 Å². The number of aliphatic imine (C=N–C) groups is 1. The quantitative estimate of drug-likeness (QED) is 0.594. The number of guanidine groups is 1. The van der Waals surface area contributed by atoms with Gasteiger partial charge in [-0.1, -0.05) is 13.8 Å². The van der Waals surface area contributed by atoms with Crippen molar-refractivity contribution < 1.29 is 0 Å². The second kappa shape index (κ2) is 5.91. The molecule has 1 saturated heterocycles. The number of nitrogens with one attached hydrogen (secondary N) is 1. The molecule has 0 aromatic rings. The summed E-state index contributed by atoms with van der Waals surface area (Å²) >= 11 is 0. The van der Waals surface area contributed by atoms with Crippen molar-refractivity contribution in [1.29, 1.82) is 0 Å². The highest BCUT2D eigenvalue weighted by Crippen LogP contribution is 2.20. The molecular weight excluding hydrogens is 224 g/mol. The minimum Gasteiger partial charge on any atom is -0.370 e. The van der Waals surface area contributed by atoms with Crippen LogP contribution in [-0.4, -0.2) is 42.6 Å². The first-order chi connectivity index (χ1) is 8.18. The van der Waals surface area contributed by atoms with Gasteiger partial charge >= 0.3 is 0 Å². The van der Waals surface area contributed by atoms with Crippen LogP contribution in [0.3, 0.4) is 0 Å². The summed E-state index contributed by atoms with van der Waals surface area (Å²) in [6, 6.07) is 0. The second-order valence-corrected chi connectivity index (χ2v) is 7.22. The Kier molecular flexibility index (Phi) is 5.02. The summed E-state index contributed by atoms with van der Waals surface area (Å²) in [5.41, 5.74) is 6.07. The van der Waals surface area contributed by atoms with Crippen LogP contribution in [0.2, 0.25) is 0 Å². The zero-order valence-corrected chi connectivity index (χ0v) is 12.7. The highest BCUT2D eigenvalue weighted by Gasteiger charge is 2.23. The standard InChI is InChI=1S/C14H30N4/c1-13(2,3)17-12(15)16-10-14(4,5)11-18-8-6-7-9-18/h6-11H2,1-5H3,(H3,15,16,17). The third-order valence-corrected chi connectivity index (χ3v) is 3.03.